The van der Waals surface area contributed by atoms with Crippen LogP contribution in [0.5, 0.6) is 0 Å². The zero-order valence-corrected chi connectivity index (χ0v) is 23.3. The molecule has 2 aromatic rings. The number of carbonyl (C=O) groups is 1. The van der Waals surface area contributed by atoms with Crippen molar-refractivity contribution in [1.82, 2.24) is 14.8 Å². The summed E-state index contributed by atoms with van der Waals surface area (Å²) in [5, 5.41) is 0. The summed E-state index contributed by atoms with van der Waals surface area (Å²) in [5.41, 5.74) is 4.54. The summed E-state index contributed by atoms with van der Waals surface area (Å²) >= 11 is 1.88. The third-order valence-corrected chi connectivity index (χ3v) is 10.6. The number of hydrogen-bond acceptors (Lipinski definition) is 5. The number of nitrogens with one attached hydrogen (secondary N) is 1. The molecule has 0 unspecified atom stereocenters. The van der Waals surface area contributed by atoms with E-state index in [2.05, 4.69) is 23.7 Å². The number of likely N-dealkylation sites (tertiary alicyclic amines) is 1. The Bertz CT molecular complexity index is 1170. The first-order chi connectivity index (χ1) is 17.3. The Balaban J connectivity index is 1.29. The van der Waals surface area contributed by atoms with Crippen LogP contribution in [-0.4, -0.2) is 59.6 Å². The summed E-state index contributed by atoms with van der Waals surface area (Å²) < 4.78 is 5.46. The fourth-order valence-electron chi connectivity index (χ4n) is 6.69. The van der Waals surface area contributed by atoms with Crippen molar-refractivity contribution in [1.29, 1.82) is 0 Å². The minimum atomic E-state index is -0.0762. The van der Waals surface area contributed by atoms with E-state index in [1.165, 1.54) is 41.0 Å². The second-order valence-electron chi connectivity index (χ2n) is 11.3. The molecule has 3 aliphatic rings. The summed E-state index contributed by atoms with van der Waals surface area (Å²) in [6.45, 7) is 11.6. The summed E-state index contributed by atoms with van der Waals surface area (Å²) in [4.78, 5) is 36.5. The highest BCUT2D eigenvalue weighted by molar-refractivity contribution is 7.12. The van der Waals surface area contributed by atoms with Crippen molar-refractivity contribution in [2.75, 3.05) is 26.7 Å². The molecule has 2 aliphatic heterocycles. The number of fused-ring (bicyclic) bond motifs is 1. The van der Waals surface area contributed by atoms with Crippen LogP contribution >= 0.6 is 11.3 Å². The molecular formula is C29H41N3O3S. The SMILES string of the molecule is COC1CN(C2CCC([C@@H](C)c3sc4c(c3C)C(=O)N(Cc3c(C)cc(C)[nH]c3=O)CCC4)CC2)C1. The zero-order valence-electron chi connectivity index (χ0n) is 22.5. The normalized spacial score (nSPS) is 24.4. The van der Waals surface area contributed by atoms with E-state index in [1.807, 2.05) is 43.3 Å². The van der Waals surface area contributed by atoms with Crippen molar-refractivity contribution in [2.24, 2.45) is 5.92 Å². The van der Waals surface area contributed by atoms with Crippen LogP contribution < -0.4 is 5.56 Å². The van der Waals surface area contributed by atoms with E-state index >= 15 is 0 Å². The number of rotatable bonds is 6. The molecule has 0 spiro atoms. The highest BCUT2D eigenvalue weighted by Crippen LogP contribution is 2.44. The van der Waals surface area contributed by atoms with Crippen LogP contribution in [0.4, 0.5) is 0 Å². The van der Waals surface area contributed by atoms with Gasteiger partial charge in [-0.25, -0.2) is 0 Å². The predicted molar refractivity (Wildman–Crippen MR) is 145 cm³/mol. The van der Waals surface area contributed by atoms with E-state index in [1.54, 1.807) is 0 Å². The van der Waals surface area contributed by atoms with Gasteiger partial charge in [0.1, 0.15) is 0 Å². The molecule has 1 saturated heterocycles. The number of aromatic amines is 1. The summed E-state index contributed by atoms with van der Waals surface area (Å²) in [6, 6.07) is 2.71. The van der Waals surface area contributed by atoms with Gasteiger partial charge in [-0.3, -0.25) is 14.5 Å². The third-order valence-electron chi connectivity index (χ3n) is 9.02. The minimum Gasteiger partial charge on any atom is -0.379 e. The number of amides is 1. The van der Waals surface area contributed by atoms with E-state index in [0.29, 0.717) is 42.6 Å². The number of H-pyrrole nitrogens is 1. The lowest BCUT2D eigenvalue weighted by molar-refractivity contribution is -0.0600. The van der Waals surface area contributed by atoms with Crippen LogP contribution in [0, 0.1) is 26.7 Å². The molecule has 1 amide bonds. The molecule has 0 aromatic carbocycles. The predicted octanol–water partition coefficient (Wildman–Crippen LogP) is 4.94. The van der Waals surface area contributed by atoms with Gasteiger partial charge in [-0.15, -0.1) is 11.3 Å². The number of nitrogens with zero attached hydrogens (tertiary/aromatic N) is 2. The van der Waals surface area contributed by atoms with Crippen LogP contribution in [-0.2, 0) is 17.7 Å². The van der Waals surface area contributed by atoms with Gasteiger partial charge < -0.3 is 14.6 Å². The average Bonchev–Trinajstić information content (AvgIpc) is 3.06. The van der Waals surface area contributed by atoms with E-state index in [4.69, 9.17) is 4.74 Å². The topological polar surface area (TPSA) is 65.6 Å². The molecule has 36 heavy (non-hydrogen) atoms. The molecule has 0 bridgehead atoms. The highest BCUT2D eigenvalue weighted by Gasteiger charge is 2.37. The van der Waals surface area contributed by atoms with Crippen LogP contribution in [0.1, 0.15) is 87.4 Å². The van der Waals surface area contributed by atoms with Crippen LogP contribution in [0.25, 0.3) is 0 Å². The van der Waals surface area contributed by atoms with Crippen molar-refractivity contribution in [3.63, 3.8) is 0 Å². The number of hydrogen-bond donors (Lipinski definition) is 1. The summed E-state index contributed by atoms with van der Waals surface area (Å²) in [7, 11) is 1.82. The fraction of sp³-hybridized carbons (Fsp3) is 0.655. The molecule has 6 nitrogen and oxygen atoms in total. The number of aryl methyl sites for hydroxylation is 3. The zero-order chi connectivity index (χ0) is 25.6. The van der Waals surface area contributed by atoms with Gasteiger partial charge in [0.25, 0.3) is 11.5 Å². The largest absolute Gasteiger partial charge is 0.379 e. The van der Waals surface area contributed by atoms with Gasteiger partial charge >= 0.3 is 0 Å². The Morgan fingerprint density at radius 2 is 1.86 bits per heavy atom. The Hall–Kier alpha value is -1.96. The summed E-state index contributed by atoms with van der Waals surface area (Å²) in [5.74, 6) is 1.26. The lowest BCUT2D eigenvalue weighted by Gasteiger charge is -2.46. The first-order valence-electron chi connectivity index (χ1n) is 13.6. The molecule has 0 radical (unpaired) electrons. The van der Waals surface area contributed by atoms with Crippen molar-refractivity contribution in [3.05, 3.63) is 54.1 Å². The van der Waals surface area contributed by atoms with Gasteiger partial charge in [-0.1, -0.05) is 6.92 Å². The Morgan fingerprint density at radius 1 is 1.14 bits per heavy atom. The number of methoxy groups -OCH3 is 1. The van der Waals surface area contributed by atoms with Crippen LogP contribution in [0.2, 0.25) is 0 Å². The lowest BCUT2D eigenvalue weighted by Crippen LogP contribution is -2.56. The van der Waals surface area contributed by atoms with Crippen LogP contribution in [0.15, 0.2) is 10.9 Å². The maximum Gasteiger partial charge on any atom is 0.255 e. The first-order valence-corrected chi connectivity index (χ1v) is 14.5. The van der Waals surface area contributed by atoms with Gasteiger partial charge in [0.05, 0.1) is 18.2 Å². The van der Waals surface area contributed by atoms with E-state index in [0.717, 1.165) is 42.8 Å². The van der Waals surface area contributed by atoms with Gasteiger partial charge in [0.2, 0.25) is 0 Å². The molecule has 1 atom stereocenters. The maximum atomic E-state index is 13.8. The molecule has 2 aromatic heterocycles. The van der Waals surface area contributed by atoms with E-state index in [9.17, 15) is 9.59 Å². The number of pyridine rings is 1. The maximum absolute atomic E-state index is 13.8. The second-order valence-corrected chi connectivity index (χ2v) is 12.5. The van der Waals surface area contributed by atoms with Crippen molar-refractivity contribution >= 4 is 17.2 Å². The Kier molecular flexibility index (Phi) is 7.44. The smallest absolute Gasteiger partial charge is 0.255 e. The van der Waals surface area contributed by atoms with Gasteiger partial charge in [-0.2, -0.15) is 0 Å². The number of aromatic nitrogens is 1. The third kappa shape index (κ3) is 4.82. The molecule has 1 N–H and O–H groups in total. The molecule has 1 saturated carbocycles. The molecule has 7 heteroatoms. The highest BCUT2D eigenvalue weighted by atomic mass is 32.1. The van der Waals surface area contributed by atoms with Gasteiger partial charge in [0.15, 0.2) is 0 Å². The number of thiophene rings is 1. The van der Waals surface area contributed by atoms with Crippen molar-refractivity contribution < 1.29 is 9.53 Å². The van der Waals surface area contributed by atoms with Crippen molar-refractivity contribution in [3.8, 4) is 0 Å². The summed E-state index contributed by atoms with van der Waals surface area (Å²) in [6.07, 6.45) is 7.38. The van der Waals surface area contributed by atoms with E-state index < -0.39 is 0 Å². The fourth-order valence-corrected chi connectivity index (χ4v) is 8.18. The Labute approximate surface area is 219 Å². The van der Waals surface area contributed by atoms with Crippen molar-refractivity contribution in [2.45, 2.75) is 90.8 Å². The van der Waals surface area contributed by atoms with E-state index in [-0.39, 0.29) is 11.5 Å². The minimum absolute atomic E-state index is 0.0762. The average molecular weight is 512 g/mol. The monoisotopic (exact) mass is 511 g/mol. The standard InChI is InChI=1S/C29H41N3O3S/c1-17-13-18(2)30-28(33)24(17)16-31-12-6-7-25-26(29(31)34)20(4)27(36-25)19(3)21-8-10-22(11-9-21)32-14-23(15-32)35-5/h13,19,21-23H,6-12,14-16H2,1-5H3,(H,30,33)/t19-,21?,22?/m1/s1. The molecule has 4 heterocycles. The Morgan fingerprint density at radius 3 is 2.53 bits per heavy atom. The number of carbonyl (C=O) groups excluding carboxylic acids is 1. The number of ether oxygens (including phenoxy) is 1. The van der Waals surface area contributed by atoms with Gasteiger partial charge in [-0.05, 0) is 88.3 Å². The molecular weight excluding hydrogens is 470 g/mol. The quantitative estimate of drug-likeness (QED) is 0.596. The van der Waals surface area contributed by atoms with Crippen LogP contribution in [0.3, 0.4) is 0 Å². The molecule has 2 fully saturated rings. The molecule has 196 valence electrons. The molecule has 1 aliphatic carbocycles. The molecule has 5 rings (SSSR count). The first kappa shape index (κ1) is 25.7. The lowest BCUT2D eigenvalue weighted by atomic mass is 9.76. The second kappa shape index (κ2) is 10.4. The van der Waals surface area contributed by atoms with Gasteiger partial charge in [0, 0.05) is 53.8 Å².